The van der Waals surface area contributed by atoms with E-state index in [2.05, 4.69) is 27.7 Å². The van der Waals surface area contributed by atoms with Crippen LogP contribution in [0.3, 0.4) is 0 Å². The molecule has 0 aromatic carbocycles. The predicted octanol–water partition coefficient (Wildman–Crippen LogP) is 5.87. The topological polar surface area (TPSA) is 0 Å². The SMILES string of the molecule is CCCCC(CCC)=C(CCC)CCC. The van der Waals surface area contributed by atoms with Crippen molar-refractivity contribution in [1.82, 2.24) is 0 Å². The number of hydrogen-bond donors (Lipinski definition) is 0. The van der Waals surface area contributed by atoms with Gasteiger partial charge in [0.2, 0.25) is 0 Å². The summed E-state index contributed by atoms with van der Waals surface area (Å²) in [5.41, 5.74) is 3.58. The molecule has 0 heteroatoms. The molecule has 90 valence electrons. The van der Waals surface area contributed by atoms with Gasteiger partial charge in [-0.1, -0.05) is 64.5 Å². The van der Waals surface area contributed by atoms with Crippen LogP contribution in [-0.2, 0) is 0 Å². The van der Waals surface area contributed by atoms with Crippen LogP contribution in [0.25, 0.3) is 0 Å². The smallest absolute Gasteiger partial charge is 0.0318 e. The Labute approximate surface area is 97.2 Å². The molecule has 15 heavy (non-hydrogen) atoms. The van der Waals surface area contributed by atoms with Gasteiger partial charge in [-0.2, -0.15) is 0 Å². The van der Waals surface area contributed by atoms with Crippen LogP contribution in [0.4, 0.5) is 0 Å². The highest BCUT2D eigenvalue weighted by Crippen LogP contribution is 2.24. The Balaban J connectivity index is 4.45. The lowest BCUT2D eigenvalue weighted by molar-refractivity contribution is 0.697. The van der Waals surface area contributed by atoms with E-state index in [1.165, 1.54) is 57.8 Å². The summed E-state index contributed by atoms with van der Waals surface area (Å²) in [6.45, 7) is 9.21. The molecule has 0 bridgehead atoms. The van der Waals surface area contributed by atoms with Gasteiger partial charge in [0.15, 0.2) is 0 Å². The highest BCUT2D eigenvalue weighted by atomic mass is 14.1. The maximum atomic E-state index is 2.31. The Hall–Kier alpha value is -0.260. The van der Waals surface area contributed by atoms with Gasteiger partial charge >= 0.3 is 0 Å². The van der Waals surface area contributed by atoms with Crippen LogP contribution in [0.15, 0.2) is 11.1 Å². The molecule has 0 radical (unpaired) electrons. The van der Waals surface area contributed by atoms with E-state index in [0.717, 1.165) is 0 Å². The first-order chi connectivity index (χ1) is 7.29. The van der Waals surface area contributed by atoms with Crippen molar-refractivity contribution in [2.45, 2.75) is 85.5 Å². The van der Waals surface area contributed by atoms with E-state index >= 15 is 0 Å². The fourth-order valence-corrected chi connectivity index (χ4v) is 2.25. The third-order valence-corrected chi connectivity index (χ3v) is 2.99. The lowest BCUT2D eigenvalue weighted by Crippen LogP contribution is -1.94. The van der Waals surface area contributed by atoms with Crippen LogP contribution < -0.4 is 0 Å². The van der Waals surface area contributed by atoms with E-state index in [1.54, 1.807) is 11.1 Å². The maximum Gasteiger partial charge on any atom is -0.0318 e. The van der Waals surface area contributed by atoms with Crippen molar-refractivity contribution in [3.05, 3.63) is 11.1 Å². The molecule has 0 amide bonds. The van der Waals surface area contributed by atoms with Gasteiger partial charge in [-0.3, -0.25) is 0 Å². The van der Waals surface area contributed by atoms with Crippen LogP contribution >= 0.6 is 0 Å². The van der Waals surface area contributed by atoms with Crippen molar-refractivity contribution in [2.75, 3.05) is 0 Å². The molecule has 0 aromatic rings. The Morgan fingerprint density at radius 1 is 0.533 bits per heavy atom. The second-order valence-corrected chi connectivity index (χ2v) is 4.56. The molecule has 0 heterocycles. The van der Waals surface area contributed by atoms with Crippen molar-refractivity contribution in [3.8, 4) is 0 Å². The quantitative estimate of drug-likeness (QED) is 0.417. The zero-order valence-electron chi connectivity index (χ0n) is 11.4. The van der Waals surface area contributed by atoms with Crippen LogP contribution in [0.1, 0.15) is 85.5 Å². The summed E-state index contributed by atoms with van der Waals surface area (Å²) in [5, 5.41) is 0. The first kappa shape index (κ1) is 14.7. The van der Waals surface area contributed by atoms with E-state index in [0.29, 0.717) is 0 Å². The minimum absolute atomic E-state index is 1.31. The van der Waals surface area contributed by atoms with Gasteiger partial charge in [-0.25, -0.2) is 0 Å². The summed E-state index contributed by atoms with van der Waals surface area (Å²) < 4.78 is 0. The van der Waals surface area contributed by atoms with Crippen LogP contribution in [-0.4, -0.2) is 0 Å². The highest BCUT2D eigenvalue weighted by Gasteiger charge is 2.04. The van der Waals surface area contributed by atoms with Gasteiger partial charge in [0.1, 0.15) is 0 Å². The van der Waals surface area contributed by atoms with Crippen molar-refractivity contribution in [3.63, 3.8) is 0 Å². The lowest BCUT2D eigenvalue weighted by atomic mass is 9.93. The van der Waals surface area contributed by atoms with Gasteiger partial charge in [0, 0.05) is 0 Å². The van der Waals surface area contributed by atoms with Crippen LogP contribution in [0, 0.1) is 0 Å². The second kappa shape index (κ2) is 10.3. The summed E-state index contributed by atoms with van der Waals surface area (Å²) in [4.78, 5) is 0. The molecule has 0 unspecified atom stereocenters. The van der Waals surface area contributed by atoms with E-state index in [9.17, 15) is 0 Å². The fourth-order valence-electron chi connectivity index (χ4n) is 2.25. The molecule has 0 fully saturated rings. The third kappa shape index (κ3) is 6.76. The average Bonchev–Trinajstić information content (AvgIpc) is 2.24. The van der Waals surface area contributed by atoms with Crippen molar-refractivity contribution in [1.29, 1.82) is 0 Å². The van der Waals surface area contributed by atoms with Gasteiger partial charge < -0.3 is 0 Å². The number of hydrogen-bond acceptors (Lipinski definition) is 0. The van der Waals surface area contributed by atoms with E-state index < -0.39 is 0 Å². The lowest BCUT2D eigenvalue weighted by Gasteiger charge is -2.14. The standard InChI is InChI=1S/C15H30/c1-5-9-13-15(12-8-4)14(10-6-2)11-7-3/h5-13H2,1-4H3. The molecule has 0 atom stereocenters. The zero-order chi connectivity index (χ0) is 11.5. The largest absolute Gasteiger partial charge is 0.0710 e. The minimum Gasteiger partial charge on any atom is -0.0710 e. The third-order valence-electron chi connectivity index (χ3n) is 2.99. The monoisotopic (exact) mass is 210 g/mol. The molecular formula is C15H30. The summed E-state index contributed by atoms with van der Waals surface area (Å²) in [7, 11) is 0. The molecule has 0 spiro atoms. The highest BCUT2D eigenvalue weighted by molar-refractivity contribution is 5.14. The minimum atomic E-state index is 1.31. The Morgan fingerprint density at radius 3 is 1.27 bits per heavy atom. The number of unbranched alkanes of at least 4 members (excludes halogenated alkanes) is 1. The molecule has 0 nitrogen and oxygen atoms in total. The number of allylic oxidation sites excluding steroid dienone is 2. The van der Waals surface area contributed by atoms with Crippen molar-refractivity contribution >= 4 is 0 Å². The molecule has 0 aliphatic heterocycles. The first-order valence-electron chi connectivity index (χ1n) is 6.99. The van der Waals surface area contributed by atoms with Gasteiger partial charge in [-0.05, 0) is 32.1 Å². The van der Waals surface area contributed by atoms with Crippen LogP contribution in [0.2, 0.25) is 0 Å². The van der Waals surface area contributed by atoms with E-state index in [-0.39, 0.29) is 0 Å². The average molecular weight is 210 g/mol. The van der Waals surface area contributed by atoms with E-state index in [1.807, 2.05) is 0 Å². The summed E-state index contributed by atoms with van der Waals surface area (Å²) >= 11 is 0. The molecule has 0 aromatic heterocycles. The normalized spacial score (nSPS) is 10.4. The van der Waals surface area contributed by atoms with Gasteiger partial charge in [0.05, 0.1) is 0 Å². The fraction of sp³-hybridized carbons (Fsp3) is 0.867. The summed E-state index contributed by atoms with van der Waals surface area (Å²) in [6.07, 6.45) is 12.0. The molecule has 0 aliphatic rings. The molecule has 0 rings (SSSR count). The van der Waals surface area contributed by atoms with E-state index in [4.69, 9.17) is 0 Å². The van der Waals surface area contributed by atoms with Crippen molar-refractivity contribution < 1.29 is 0 Å². The van der Waals surface area contributed by atoms with Crippen LogP contribution in [0.5, 0.6) is 0 Å². The molecule has 0 saturated carbocycles. The Bertz CT molecular complexity index is 157. The maximum absolute atomic E-state index is 2.31. The first-order valence-corrected chi connectivity index (χ1v) is 6.99. The summed E-state index contributed by atoms with van der Waals surface area (Å²) in [6, 6.07) is 0. The molecular weight excluding hydrogens is 180 g/mol. The zero-order valence-corrected chi connectivity index (χ0v) is 11.4. The van der Waals surface area contributed by atoms with Gasteiger partial charge in [0.25, 0.3) is 0 Å². The predicted molar refractivity (Wildman–Crippen MR) is 71.3 cm³/mol. The summed E-state index contributed by atoms with van der Waals surface area (Å²) in [5.74, 6) is 0. The second-order valence-electron chi connectivity index (χ2n) is 4.56. The van der Waals surface area contributed by atoms with Crippen molar-refractivity contribution in [2.24, 2.45) is 0 Å². The molecule has 0 aliphatic carbocycles. The van der Waals surface area contributed by atoms with Gasteiger partial charge in [-0.15, -0.1) is 0 Å². The molecule has 0 N–H and O–H groups in total. The Kier molecular flexibility index (Phi) is 10.1. The number of rotatable bonds is 9. The Morgan fingerprint density at radius 2 is 0.933 bits per heavy atom. The molecule has 0 saturated heterocycles.